The first-order valence-corrected chi connectivity index (χ1v) is 8.56. The van der Waals surface area contributed by atoms with Crippen molar-refractivity contribution in [3.8, 4) is 0 Å². The van der Waals surface area contributed by atoms with Gasteiger partial charge in [-0.3, -0.25) is 0 Å². The summed E-state index contributed by atoms with van der Waals surface area (Å²) in [4.78, 5) is 3.46. The molecule has 2 nitrogen and oxygen atoms in total. The monoisotopic (exact) mass is 360 g/mol. The van der Waals surface area contributed by atoms with Crippen LogP contribution in [-0.4, -0.2) is 11.0 Å². The predicted molar refractivity (Wildman–Crippen MR) is 94.7 cm³/mol. The van der Waals surface area contributed by atoms with Gasteiger partial charge in [-0.25, -0.2) is 0 Å². The Bertz CT molecular complexity index is 701. The number of hydrogen-bond acceptors (Lipinski definition) is 2. The molecule has 2 atom stereocenters. The Labute approximate surface area is 137 Å². The van der Waals surface area contributed by atoms with Gasteiger partial charge in [0, 0.05) is 21.4 Å². The van der Waals surface area contributed by atoms with Crippen LogP contribution in [0.1, 0.15) is 17.7 Å². The average molecular weight is 361 g/mol. The third-order valence-corrected chi connectivity index (χ3v) is 5.39. The fourth-order valence-corrected chi connectivity index (χ4v) is 3.79. The van der Waals surface area contributed by atoms with Gasteiger partial charge in [-0.1, -0.05) is 58.0 Å². The van der Waals surface area contributed by atoms with Gasteiger partial charge in [-0.2, -0.15) is 0 Å². The Morgan fingerprint density at radius 1 is 1.10 bits per heavy atom. The first kappa shape index (κ1) is 14.7. The number of aromatic nitrogens is 1. The normalized spacial score (nSPS) is 14.2. The summed E-state index contributed by atoms with van der Waals surface area (Å²) in [6.45, 7) is 2.06. The van der Waals surface area contributed by atoms with Crippen LogP contribution in [0, 0.1) is 0 Å². The zero-order valence-electron chi connectivity index (χ0n) is 11.7. The van der Waals surface area contributed by atoms with Crippen molar-refractivity contribution < 1.29 is 0 Å². The second kappa shape index (κ2) is 6.26. The van der Waals surface area contributed by atoms with Crippen LogP contribution in [0.2, 0.25) is 0 Å². The van der Waals surface area contributed by atoms with E-state index in [-0.39, 0.29) is 11.3 Å². The molecule has 1 aromatic heterocycles. The molecule has 0 radical (unpaired) electrons. The number of para-hydroxylation sites is 1. The number of fused-ring (bicyclic) bond motifs is 1. The Balaban J connectivity index is 1.89. The molecule has 0 fully saturated rings. The lowest BCUT2D eigenvalue weighted by Gasteiger charge is -2.20. The average Bonchev–Trinajstić information content (AvgIpc) is 2.88. The maximum Gasteiger partial charge on any atom is 0.0739 e. The highest BCUT2D eigenvalue weighted by Crippen LogP contribution is 2.38. The van der Waals surface area contributed by atoms with Crippen LogP contribution in [-0.2, 0) is 0 Å². The molecule has 0 saturated heterocycles. The molecule has 0 aliphatic rings. The Morgan fingerprint density at radius 3 is 2.48 bits per heavy atom. The molecular weight excluding hydrogens is 344 g/mol. The van der Waals surface area contributed by atoms with Crippen molar-refractivity contribution in [3.63, 3.8) is 0 Å². The van der Waals surface area contributed by atoms with Crippen LogP contribution in [0.3, 0.4) is 0 Å². The smallest absolute Gasteiger partial charge is 0.0739 e. The lowest BCUT2D eigenvalue weighted by atomic mass is 10.1. The molecule has 108 valence electrons. The van der Waals surface area contributed by atoms with E-state index in [1.165, 1.54) is 16.5 Å². The number of nitrogens with one attached hydrogen (secondary N) is 1. The highest BCUT2D eigenvalue weighted by atomic mass is 79.9. The second-order valence-electron chi connectivity index (χ2n) is 5.17. The summed E-state index contributed by atoms with van der Waals surface area (Å²) in [5, 5.41) is 2.62. The number of benzene rings is 2. The van der Waals surface area contributed by atoms with E-state index >= 15 is 0 Å². The van der Waals surface area contributed by atoms with Crippen LogP contribution in [0.15, 0.2) is 64.1 Å². The molecule has 0 aliphatic heterocycles. The van der Waals surface area contributed by atoms with Crippen LogP contribution in [0.25, 0.3) is 10.9 Å². The van der Waals surface area contributed by atoms with Crippen molar-refractivity contribution in [1.82, 2.24) is 4.98 Å². The van der Waals surface area contributed by atoms with Gasteiger partial charge in [-0.15, -0.1) is 0 Å². The fourth-order valence-electron chi connectivity index (χ4n) is 2.38. The van der Waals surface area contributed by atoms with E-state index in [1.807, 2.05) is 6.07 Å². The highest BCUT2D eigenvalue weighted by molar-refractivity contribution is 9.10. The molecule has 2 unspecified atom stereocenters. The standard InChI is InChI=1S/C17H17BrN2S/c1-11(19)17(12-6-8-14(18)9-7-12)21-16-10-13-4-2-3-5-15(13)20-16/h2-11,17,20H,19H2,1H3. The van der Waals surface area contributed by atoms with Gasteiger partial charge in [-0.05, 0) is 36.8 Å². The van der Waals surface area contributed by atoms with E-state index in [0.717, 1.165) is 9.50 Å². The quantitative estimate of drug-likeness (QED) is 0.634. The molecule has 3 N–H and O–H groups in total. The Morgan fingerprint density at radius 2 is 1.81 bits per heavy atom. The molecular formula is C17H17BrN2S. The van der Waals surface area contributed by atoms with Gasteiger partial charge in [0.25, 0.3) is 0 Å². The van der Waals surface area contributed by atoms with Gasteiger partial charge < -0.3 is 10.7 Å². The number of halogens is 1. The van der Waals surface area contributed by atoms with E-state index in [1.54, 1.807) is 11.8 Å². The number of hydrogen-bond donors (Lipinski definition) is 2. The van der Waals surface area contributed by atoms with Crippen molar-refractivity contribution in [1.29, 1.82) is 0 Å². The largest absolute Gasteiger partial charge is 0.350 e. The van der Waals surface area contributed by atoms with E-state index in [2.05, 4.69) is 76.4 Å². The molecule has 0 saturated carbocycles. The maximum absolute atomic E-state index is 6.20. The Kier molecular flexibility index (Phi) is 4.38. The minimum atomic E-state index is 0.0718. The SMILES string of the molecule is CC(N)C(Sc1cc2ccccc2[nH]1)c1ccc(Br)cc1. The van der Waals surface area contributed by atoms with Crippen LogP contribution >= 0.6 is 27.7 Å². The minimum absolute atomic E-state index is 0.0718. The van der Waals surface area contributed by atoms with Crippen LogP contribution < -0.4 is 5.73 Å². The molecule has 0 aliphatic carbocycles. The molecule has 3 aromatic rings. The van der Waals surface area contributed by atoms with Gasteiger partial charge in [0.2, 0.25) is 0 Å². The number of aromatic amines is 1. The molecule has 4 heteroatoms. The summed E-state index contributed by atoms with van der Waals surface area (Å²) < 4.78 is 1.09. The van der Waals surface area contributed by atoms with Crippen molar-refractivity contribution in [3.05, 3.63) is 64.6 Å². The number of nitrogens with two attached hydrogens (primary N) is 1. The third-order valence-electron chi connectivity index (χ3n) is 3.44. The summed E-state index contributed by atoms with van der Waals surface area (Å²) >= 11 is 5.26. The fraction of sp³-hybridized carbons (Fsp3) is 0.176. The van der Waals surface area contributed by atoms with Crippen molar-refractivity contribution in [2.45, 2.75) is 23.2 Å². The number of thioether (sulfide) groups is 1. The molecule has 3 rings (SSSR count). The molecule has 0 amide bonds. The van der Waals surface area contributed by atoms with Crippen LogP contribution in [0.4, 0.5) is 0 Å². The lowest BCUT2D eigenvalue weighted by Crippen LogP contribution is -2.22. The third kappa shape index (κ3) is 3.34. The van der Waals surface area contributed by atoms with Crippen molar-refractivity contribution in [2.75, 3.05) is 0 Å². The lowest BCUT2D eigenvalue weighted by molar-refractivity contribution is 0.720. The summed E-state index contributed by atoms with van der Waals surface area (Å²) in [5.74, 6) is 0. The highest BCUT2D eigenvalue weighted by Gasteiger charge is 2.18. The molecule has 0 spiro atoms. The summed E-state index contributed by atoms with van der Waals surface area (Å²) in [7, 11) is 0. The first-order chi connectivity index (χ1) is 10.1. The zero-order chi connectivity index (χ0) is 14.8. The van der Waals surface area contributed by atoms with Crippen LogP contribution in [0.5, 0.6) is 0 Å². The zero-order valence-corrected chi connectivity index (χ0v) is 14.1. The van der Waals surface area contributed by atoms with Gasteiger partial charge in [0.05, 0.1) is 10.3 Å². The van der Waals surface area contributed by atoms with E-state index in [4.69, 9.17) is 5.73 Å². The minimum Gasteiger partial charge on any atom is -0.350 e. The van der Waals surface area contributed by atoms with E-state index in [0.29, 0.717) is 0 Å². The van der Waals surface area contributed by atoms with Crippen molar-refractivity contribution in [2.24, 2.45) is 5.73 Å². The second-order valence-corrected chi connectivity index (χ2v) is 7.27. The van der Waals surface area contributed by atoms with Gasteiger partial charge in [0.1, 0.15) is 0 Å². The molecule has 21 heavy (non-hydrogen) atoms. The summed E-state index contributed by atoms with van der Waals surface area (Å²) in [6, 6.07) is 19.0. The maximum atomic E-state index is 6.20. The first-order valence-electron chi connectivity index (χ1n) is 6.89. The van der Waals surface area contributed by atoms with Gasteiger partial charge in [0.15, 0.2) is 0 Å². The van der Waals surface area contributed by atoms with E-state index in [9.17, 15) is 0 Å². The topological polar surface area (TPSA) is 41.8 Å². The molecule has 2 aromatic carbocycles. The number of H-pyrrole nitrogens is 1. The predicted octanol–water partition coefficient (Wildman–Crippen LogP) is 5.11. The molecule has 0 bridgehead atoms. The Hall–Kier alpha value is -1.23. The molecule has 1 heterocycles. The summed E-state index contributed by atoms with van der Waals surface area (Å²) in [5.41, 5.74) is 8.62. The van der Waals surface area contributed by atoms with E-state index < -0.39 is 0 Å². The number of rotatable bonds is 4. The van der Waals surface area contributed by atoms with Crippen molar-refractivity contribution >= 4 is 38.6 Å². The summed E-state index contributed by atoms with van der Waals surface area (Å²) in [6.07, 6.45) is 0. The van der Waals surface area contributed by atoms with Gasteiger partial charge >= 0.3 is 0 Å².